The van der Waals surface area contributed by atoms with E-state index in [4.69, 9.17) is 0 Å². The van der Waals surface area contributed by atoms with Gasteiger partial charge in [-0.05, 0) is 34.1 Å². The molecule has 0 saturated heterocycles. The van der Waals surface area contributed by atoms with Gasteiger partial charge in [-0.25, -0.2) is 9.59 Å². The SMILES string of the molecule is O=C(Br)c1ccc2c(c1)C(=O)OC2=O. The van der Waals surface area contributed by atoms with Crippen LogP contribution in [0.2, 0.25) is 0 Å². The summed E-state index contributed by atoms with van der Waals surface area (Å²) in [5, 5.41) is 0. The van der Waals surface area contributed by atoms with E-state index in [1.54, 1.807) is 0 Å². The summed E-state index contributed by atoms with van der Waals surface area (Å²) in [5.74, 6) is -1.38. The van der Waals surface area contributed by atoms with Crippen molar-refractivity contribution in [2.75, 3.05) is 0 Å². The molecule has 1 heterocycles. The Balaban J connectivity index is 2.61. The molecule has 0 aliphatic carbocycles. The quantitative estimate of drug-likeness (QED) is 0.433. The Morgan fingerprint density at radius 3 is 2.43 bits per heavy atom. The molecule has 0 radical (unpaired) electrons. The molecular formula is C9H3BrO4. The van der Waals surface area contributed by atoms with E-state index < -0.39 is 11.9 Å². The van der Waals surface area contributed by atoms with Gasteiger partial charge in [-0.2, -0.15) is 0 Å². The van der Waals surface area contributed by atoms with Crippen LogP contribution in [0.3, 0.4) is 0 Å². The summed E-state index contributed by atoms with van der Waals surface area (Å²) in [6.07, 6.45) is 0. The van der Waals surface area contributed by atoms with Crippen molar-refractivity contribution in [1.82, 2.24) is 0 Å². The van der Waals surface area contributed by atoms with Gasteiger partial charge in [-0.15, -0.1) is 0 Å². The second-order valence-electron chi connectivity index (χ2n) is 2.71. The molecule has 0 amide bonds. The lowest BCUT2D eigenvalue weighted by molar-refractivity contribution is 0.0443. The molecule has 0 spiro atoms. The molecule has 0 N–H and O–H groups in total. The van der Waals surface area contributed by atoms with Crippen LogP contribution < -0.4 is 0 Å². The number of ether oxygens (including phenoxy) is 1. The number of cyclic esters (lactones) is 2. The van der Waals surface area contributed by atoms with Crippen molar-refractivity contribution in [3.63, 3.8) is 0 Å². The highest BCUT2D eigenvalue weighted by Crippen LogP contribution is 2.21. The first-order valence-corrected chi connectivity index (χ1v) is 4.49. The van der Waals surface area contributed by atoms with Crippen LogP contribution in [0.1, 0.15) is 31.1 Å². The number of carbonyl (C=O) groups is 3. The first-order chi connectivity index (χ1) is 6.59. The van der Waals surface area contributed by atoms with Gasteiger partial charge in [0.15, 0.2) is 0 Å². The van der Waals surface area contributed by atoms with Crippen LogP contribution in [-0.4, -0.2) is 16.6 Å². The van der Waals surface area contributed by atoms with Gasteiger partial charge in [-0.3, -0.25) is 4.79 Å². The zero-order valence-corrected chi connectivity index (χ0v) is 8.33. The van der Waals surface area contributed by atoms with Crippen molar-refractivity contribution in [2.45, 2.75) is 0 Å². The number of halogens is 1. The van der Waals surface area contributed by atoms with Gasteiger partial charge < -0.3 is 4.74 Å². The Labute approximate surface area is 87.0 Å². The summed E-state index contributed by atoms with van der Waals surface area (Å²) in [6, 6.07) is 4.19. The van der Waals surface area contributed by atoms with Crippen LogP contribution in [0.5, 0.6) is 0 Å². The minimum Gasteiger partial charge on any atom is -0.386 e. The highest BCUT2D eigenvalue weighted by molar-refractivity contribution is 9.18. The summed E-state index contributed by atoms with van der Waals surface area (Å²) in [6.45, 7) is 0. The van der Waals surface area contributed by atoms with Crippen LogP contribution in [-0.2, 0) is 4.74 Å². The smallest absolute Gasteiger partial charge is 0.346 e. The second kappa shape index (κ2) is 3.02. The summed E-state index contributed by atoms with van der Waals surface area (Å²) in [4.78, 5) is 33.0. The molecule has 0 bridgehead atoms. The van der Waals surface area contributed by atoms with E-state index >= 15 is 0 Å². The van der Waals surface area contributed by atoms with Gasteiger partial charge in [0.2, 0.25) is 4.69 Å². The fraction of sp³-hybridized carbons (Fsp3) is 0. The fourth-order valence-corrected chi connectivity index (χ4v) is 1.45. The third kappa shape index (κ3) is 1.26. The van der Waals surface area contributed by atoms with Crippen molar-refractivity contribution < 1.29 is 19.1 Å². The van der Waals surface area contributed by atoms with Crippen molar-refractivity contribution in [2.24, 2.45) is 0 Å². The van der Waals surface area contributed by atoms with Crippen molar-refractivity contribution in [3.05, 3.63) is 34.9 Å². The third-order valence-corrected chi connectivity index (χ3v) is 2.33. The molecule has 1 aromatic carbocycles. The maximum Gasteiger partial charge on any atom is 0.346 e. The highest BCUT2D eigenvalue weighted by Gasteiger charge is 2.29. The molecule has 14 heavy (non-hydrogen) atoms. The molecule has 1 aliphatic heterocycles. The first kappa shape index (κ1) is 9.08. The van der Waals surface area contributed by atoms with E-state index in [0.717, 1.165) is 0 Å². The maximum absolute atomic E-state index is 11.1. The zero-order chi connectivity index (χ0) is 10.3. The summed E-state index contributed by atoms with van der Waals surface area (Å²) < 4.78 is 4.02. The van der Waals surface area contributed by atoms with Gasteiger partial charge in [0, 0.05) is 5.56 Å². The van der Waals surface area contributed by atoms with Crippen LogP contribution in [0.15, 0.2) is 18.2 Å². The third-order valence-electron chi connectivity index (χ3n) is 1.87. The van der Waals surface area contributed by atoms with Gasteiger partial charge in [0.05, 0.1) is 11.1 Å². The molecule has 0 atom stereocenters. The molecule has 2 rings (SSSR count). The van der Waals surface area contributed by atoms with E-state index in [2.05, 4.69) is 20.7 Å². The predicted molar refractivity (Wildman–Crippen MR) is 49.4 cm³/mol. The Hall–Kier alpha value is -1.49. The van der Waals surface area contributed by atoms with Gasteiger partial charge in [0.25, 0.3) is 0 Å². The lowest BCUT2D eigenvalue weighted by Crippen LogP contribution is -1.97. The number of fused-ring (bicyclic) bond motifs is 1. The van der Waals surface area contributed by atoms with E-state index in [1.807, 2.05) is 0 Å². The second-order valence-corrected chi connectivity index (χ2v) is 3.43. The van der Waals surface area contributed by atoms with Crippen LogP contribution in [0.4, 0.5) is 0 Å². The maximum atomic E-state index is 11.1. The van der Waals surface area contributed by atoms with E-state index in [1.165, 1.54) is 18.2 Å². The summed E-state index contributed by atoms with van der Waals surface area (Å²) in [5.41, 5.74) is 0.656. The molecule has 0 aromatic heterocycles. The molecule has 5 heteroatoms. The zero-order valence-electron chi connectivity index (χ0n) is 6.74. The number of esters is 2. The number of carbonyl (C=O) groups excluding carboxylic acids is 3. The molecule has 0 fully saturated rings. The average molecular weight is 255 g/mol. The summed E-state index contributed by atoms with van der Waals surface area (Å²) in [7, 11) is 0. The number of rotatable bonds is 1. The molecule has 70 valence electrons. The Bertz CT molecular complexity index is 464. The normalized spacial score (nSPS) is 13.8. The molecule has 0 saturated carbocycles. The Morgan fingerprint density at radius 1 is 1.14 bits per heavy atom. The molecule has 0 unspecified atom stereocenters. The minimum atomic E-state index is -0.708. The monoisotopic (exact) mass is 254 g/mol. The lowest BCUT2D eigenvalue weighted by atomic mass is 10.1. The Morgan fingerprint density at radius 2 is 1.79 bits per heavy atom. The van der Waals surface area contributed by atoms with Crippen LogP contribution in [0, 0.1) is 0 Å². The number of hydrogen-bond donors (Lipinski definition) is 0. The standard InChI is InChI=1S/C9H3BrO4/c10-7(11)4-1-2-5-6(3-4)9(13)14-8(5)12/h1-3H. The highest BCUT2D eigenvalue weighted by atomic mass is 79.9. The number of hydrogen-bond acceptors (Lipinski definition) is 4. The molecular weight excluding hydrogens is 252 g/mol. The average Bonchev–Trinajstić information content (AvgIpc) is 2.42. The van der Waals surface area contributed by atoms with Gasteiger partial charge in [0.1, 0.15) is 0 Å². The molecule has 1 aromatic rings. The van der Waals surface area contributed by atoms with Crippen molar-refractivity contribution >= 4 is 32.6 Å². The summed E-state index contributed by atoms with van der Waals surface area (Å²) >= 11 is 2.75. The van der Waals surface area contributed by atoms with Gasteiger partial charge in [-0.1, -0.05) is 0 Å². The molecule has 1 aliphatic rings. The van der Waals surface area contributed by atoms with Crippen molar-refractivity contribution in [1.29, 1.82) is 0 Å². The van der Waals surface area contributed by atoms with Gasteiger partial charge >= 0.3 is 11.9 Å². The predicted octanol–water partition coefficient (Wildman–Crippen LogP) is 1.53. The van der Waals surface area contributed by atoms with E-state index in [9.17, 15) is 14.4 Å². The van der Waals surface area contributed by atoms with Crippen molar-refractivity contribution in [3.8, 4) is 0 Å². The van der Waals surface area contributed by atoms with E-state index in [0.29, 0.717) is 5.56 Å². The Kier molecular flexibility index (Phi) is 1.96. The topological polar surface area (TPSA) is 60.4 Å². The first-order valence-electron chi connectivity index (χ1n) is 3.70. The molecule has 4 nitrogen and oxygen atoms in total. The van der Waals surface area contributed by atoms with Crippen LogP contribution in [0.25, 0.3) is 0 Å². The van der Waals surface area contributed by atoms with Crippen LogP contribution >= 0.6 is 15.9 Å². The largest absolute Gasteiger partial charge is 0.386 e. The van der Waals surface area contributed by atoms with E-state index in [-0.39, 0.29) is 15.8 Å². The minimum absolute atomic E-state index is 0.139. The fourth-order valence-electron chi connectivity index (χ4n) is 1.21. The number of benzene rings is 1. The lowest BCUT2D eigenvalue weighted by Gasteiger charge is -1.94.